The molecule has 0 bridgehead atoms. The van der Waals surface area contributed by atoms with Gasteiger partial charge in [0, 0.05) is 13.1 Å². The maximum absolute atomic E-state index is 10.4. The van der Waals surface area contributed by atoms with Crippen LogP contribution in [-0.4, -0.2) is 36.2 Å². The zero-order valence-corrected chi connectivity index (χ0v) is 8.39. The molecule has 74 valence electrons. The van der Waals surface area contributed by atoms with Crippen molar-refractivity contribution in [2.45, 2.75) is 26.4 Å². The predicted octanol–water partition coefficient (Wildman–Crippen LogP) is 0.337. The average Bonchev–Trinajstić information content (AvgIpc) is 2.01. The van der Waals surface area contributed by atoms with Crippen molar-refractivity contribution in [3.63, 3.8) is 0 Å². The third-order valence-corrected chi connectivity index (χ3v) is 1.56. The maximum atomic E-state index is 10.4. The molecule has 0 spiro atoms. The first-order valence-electron chi connectivity index (χ1n) is 4.43. The summed E-state index contributed by atoms with van der Waals surface area (Å²) in [6.45, 7) is 7.99. The number of hydrogen-bond donors (Lipinski definition) is 1. The number of carbonyl (C=O) groups excluding carboxylic acids is 1. The molecule has 1 N–H and O–H groups in total. The topological polar surface area (TPSA) is 41.6 Å². The Hall–Kier alpha value is -0.830. The summed E-state index contributed by atoms with van der Waals surface area (Å²) in [5.74, 6) is 1.85. The van der Waals surface area contributed by atoms with Gasteiger partial charge < -0.3 is 5.32 Å². The van der Waals surface area contributed by atoms with Crippen LogP contribution in [0.15, 0.2) is 5.70 Å². The van der Waals surface area contributed by atoms with E-state index in [-0.39, 0.29) is 5.60 Å². The summed E-state index contributed by atoms with van der Waals surface area (Å²) in [5, 5.41) is 4.74. The predicted molar refractivity (Wildman–Crippen MR) is 49.6 cm³/mol. The normalized spacial score (nSPS) is 19.5. The van der Waals surface area contributed by atoms with Gasteiger partial charge in [-0.05, 0) is 20.8 Å². The van der Waals surface area contributed by atoms with Crippen molar-refractivity contribution < 1.29 is 9.63 Å². The average molecular weight is 184 g/mol. The second-order valence-corrected chi connectivity index (χ2v) is 4.07. The van der Waals surface area contributed by atoms with Crippen LogP contribution in [0, 0.1) is 0 Å². The summed E-state index contributed by atoms with van der Waals surface area (Å²) in [6.07, 6.45) is 0. The lowest BCUT2D eigenvalue weighted by atomic mass is 10.2. The van der Waals surface area contributed by atoms with E-state index in [0.717, 1.165) is 13.1 Å². The molecule has 0 radical (unpaired) electrons. The van der Waals surface area contributed by atoms with Crippen LogP contribution in [0.3, 0.4) is 0 Å². The Morgan fingerprint density at radius 3 is 2.77 bits per heavy atom. The van der Waals surface area contributed by atoms with Crippen molar-refractivity contribution in [1.82, 2.24) is 10.4 Å². The van der Waals surface area contributed by atoms with E-state index in [1.54, 1.807) is 5.06 Å². The molecular formula is C9H16N2O2. The fourth-order valence-electron chi connectivity index (χ4n) is 1.18. The SMILES string of the molecule is CC(C)(C)ON1CCNC(=C=O)C1. The van der Waals surface area contributed by atoms with Gasteiger partial charge >= 0.3 is 0 Å². The van der Waals surface area contributed by atoms with Crippen LogP contribution in [0.4, 0.5) is 0 Å². The number of hydrogen-bond acceptors (Lipinski definition) is 4. The molecule has 1 saturated heterocycles. The highest BCUT2D eigenvalue weighted by Gasteiger charge is 2.20. The van der Waals surface area contributed by atoms with Crippen molar-refractivity contribution >= 4 is 5.94 Å². The molecule has 1 rings (SSSR count). The van der Waals surface area contributed by atoms with Gasteiger partial charge in [-0.3, -0.25) is 4.84 Å². The van der Waals surface area contributed by atoms with Gasteiger partial charge in [0.05, 0.1) is 12.1 Å². The van der Waals surface area contributed by atoms with Gasteiger partial charge in [0.25, 0.3) is 0 Å². The van der Waals surface area contributed by atoms with Gasteiger partial charge in [-0.15, -0.1) is 0 Å². The van der Waals surface area contributed by atoms with Crippen LogP contribution in [0.2, 0.25) is 0 Å². The molecule has 0 unspecified atom stereocenters. The van der Waals surface area contributed by atoms with Gasteiger partial charge in [-0.25, -0.2) is 4.79 Å². The number of hydroxylamine groups is 2. The fourth-order valence-corrected chi connectivity index (χ4v) is 1.18. The summed E-state index contributed by atoms with van der Waals surface area (Å²) in [7, 11) is 0. The number of piperazine rings is 1. The third-order valence-electron chi connectivity index (χ3n) is 1.56. The van der Waals surface area contributed by atoms with Crippen LogP contribution < -0.4 is 5.32 Å². The van der Waals surface area contributed by atoms with Gasteiger partial charge in [-0.1, -0.05) is 0 Å². The Labute approximate surface area is 78.5 Å². The quantitative estimate of drug-likeness (QED) is 0.597. The number of nitrogens with zero attached hydrogens (tertiary/aromatic N) is 1. The minimum Gasteiger partial charge on any atom is -0.377 e. The first-order chi connectivity index (χ1) is 6.01. The Morgan fingerprint density at radius 1 is 1.54 bits per heavy atom. The highest BCUT2D eigenvalue weighted by Crippen LogP contribution is 2.12. The second kappa shape index (κ2) is 3.92. The molecular weight excluding hydrogens is 168 g/mol. The lowest BCUT2D eigenvalue weighted by Crippen LogP contribution is -2.45. The van der Waals surface area contributed by atoms with Crippen molar-refractivity contribution in [2.75, 3.05) is 19.6 Å². The zero-order chi connectivity index (χ0) is 9.90. The molecule has 0 aromatic carbocycles. The van der Waals surface area contributed by atoms with Gasteiger partial charge in [-0.2, -0.15) is 5.06 Å². The fraction of sp³-hybridized carbons (Fsp3) is 0.778. The van der Waals surface area contributed by atoms with Crippen molar-refractivity contribution in [3.05, 3.63) is 5.70 Å². The van der Waals surface area contributed by atoms with Crippen molar-refractivity contribution in [3.8, 4) is 0 Å². The highest BCUT2D eigenvalue weighted by molar-refractivity contribution is 5.52. The largest absolute Gasteiger partial charge is 0.377 e. The maximum Gasteiger partial charge on any atom is 0.147 e. The van der Waals surface area contributed by atoms with Crippen LogP contribution in [0.5, 0.6) is 0 Å². The van der Waals surface area contributed by atoms with Crippen LogP contribution >= 0.6 is 0 Å². The van der Waals surface area contributed by atoms with Gasteiger partial charge in [0.15, 0.2) is 0 Å². The van der Waals surface area contributed by atoms with Gasteiger partial charge in [0.1, 0.15) is 11.6 Å². The Bertz CT molecular complexity index is 226. The molecule has 0 aromatic heterocycles. The van der Waals surface area contributed by atoms with Crippen molar-refractivity contribution in [2.24, 2.45) is 0 Å². The molecule has 13 heavy (non-hydrogen) atoms. The second-order valence-electron chi connectivity index (χ2n) is 4.07. The molecule has 4 heteroatoms. The monoisotopic (exact) mass is 184 g/mol. The molecule has 0 amide bonds. The van der Waals surface area contributed by atoms with Crippen molar-refractivity contribution in [1.29, 1.82) is 0 Å². The summed E-state index contributed by atoms with van der Waals surface area (Å²) < 4.78 is 0. The summed E-state index contributed by atoms with van der Waals surface area (Å²) in [4.78, 5) is 16.0. The van der Waals surface area contributed by atoms with E-state index in [1.807, 2.05) is 26.7 Å². The van der Waals surface area contributed by atoms with Crippen LogP contribution in [-0.2, 0) is 9.63 Å². The molecule has 0 aromatic rings. The summed E-state index contributed by atoms with van der Waals surface area (Å²) in [6, 6.07) is 0. The molecule has 1 fully saturated rings. The smallest absolute Gasteiger partial charge is 0.147 e. The lowest BCUT2D eigenvalue weighted by Gasteiger charge is -2.33. The Kier molecular flexibility index (Phi) is 3.09. The standard InChI is InChI=1S/C9H16N2O2/c1-9(2,3)13-11-5-4-10-8(6-11)7-12/h10H,4-6H2,1-3H3. The summed E-state index contributed by atoms with van der Waals surface area (Å²) >= 11 is 0. The minimum atomic E-state index is -0.203. The first-order valence-corrected chi connectivity index (χ1v) is 4.43. The summed E-state index contributed by atoms with van der Waals surface area (Å²) in [5.41, 5.74) is 0.362. The van der Waals surface area contributed by atoms with E-state index < -0.39 is 0 Å². The van der Waals surface area contributed by atoms with E-state index in [1.165, 1.54) is 0 Å². The van der Waals surface area contributed by atoms with E-state index >= 15 is 0 Å². The molecule has 4 nitrogen and oxygen atoms in total. The molecule has 0 atom stereocenters. The third kappa shape index (κ3) is 3.59. The zero-order valence-electron chi connectivity index (χ0n) is 8.39. The Balaban J connectivity index is 2.48. The van der Waals surface area contributed by atoms with E-state index in [2.05, 4.69) is 5.32 Å². The molecule has 0 aliphatic carbocycles. The lowest BCUT2D eigenvalue weighted by molar-refractivity contribution is -0.227. The van der Waals surface area contributed by atoms with Crippen LogP contribution in [0.25, 0.3) is 0 Å². The van der Waals surface area contributed by atoms with E-state index in [9.17, 15) is 4.79 Å². The van der Waals surface area contributed by atoms with E-state index in [0.29, 0.717) is 12.2 Å². The highest BCUT2D eigenvalue weighted by atomic mass is 16.7. The van der Waals surface area contributed by atoms with Crippen LogP contribution in [0.1, 0.15) is 20.8 Å². The molecule has 1 aliphatic heterocycles. The van der Waals surface area contributed by atoms with E-state index in [4.69, 9.17) is 4.84 Å². The molecule has 0 saturated carbocycles. The first kappa shape index (κ1) is 10.3. The molecule has 1 heterocycles. The Morgan fingerprint density at radius 2 is 2.23 bits per heavy atom. The molecule has 1 aliphatic rings. The van der Waals surface area contributed by atoms with Gasteiger partial charge in [0.2, 0.25) is 0 Å². The number of rotatable bonds is 1. The number of nitrogens with one attached hydrogen (secondary N) is 1. The minimum absolute atomic E-state index is 0.203.